The molecule has 0 heterocycles. The highest BCUT2D eigenvalue weighted by Crippen LogP contribution is 2.06. The molecule has 1 N–H and O–H groups in total. The van der Waals surface area contributed by atoms with Crippen molar-refractivity contribution < 1.29 is 9.53 Å². The summed E-state index contributed by atoms with van der Waals surface area (Å²) in [4.78, 5) is 10.9. The van der Waals surface area contributed by atoms with Gasteiger partial charge in [-0.3, -0.25) is 5.32 Å². The Morgan fingerprint density at radius 2 is 2.08 bits per heavy atom. The molecule has 0 fully saturated rings. The molecule has 0 atom stereocenters. The first-order chi connectivity index (χ1) is 5.35. The topological polar surface area (TPSA) is 38.3 Å². The van der Waals surface area contributed by atoms with Gasteiger partial charge < -0.3 is 4.74 Å². The maximum absolute atomic E-state index is 10.9. The summed E-state index contributed by atoms with van der Waals surface area (Å²) in [6.07, 6.45) is 4.39. The molecule has 0 saturated carbocycles. The maximum atomic E-state index is 10.9. The molecule has 0 aromatic rings. The molecule has 0 bridgehead atoms. The number of carbonyl (C=O) groups excluding carboxylic acids is 1. The highest BCUT2D eigenvalue weighted by molar-refractivity contribution is 5.70. The molecule has 1 amide bonds. The highest BCUT2D eigenvalue weighted by atomic mass is 16.6. The first kappa shape index (κ1) is 10.6. The average Bonchev–Trinajstić information content (AvgIpc) is 1.82. The van der Waals surface area contributed by atoms with Gasteiger partial charge in [-0.25, -0.2) is 4.79 Å². The van der Waals surface area contributed by atoms with Crippen molar-refractivity contribution in [2.24, 2.45) is 0 Å². The molecule has 0 aliphatic carbocycles. The minimum atomic E-state index is -0.578. The molecule has 0 aliphatic heterocycles. The Balaban J connectivity index is 3.94. The number of ether oxygens (including phenoxy) is 1. The molecule has 0 saturated heterocycles. The largest absolute Gasteiger partial charge is 0.444 e. The van der Waals surface area contributed by atoms with E-state index in [-0.39, 0.29) is 5.70 Å². The number of hydrogen-bond donors (Lipinski definition) is 1. The van der Waals surface area contributed by atoms with Crippen LogP contribution in [0.15, 0.2) is 12.3 Å². The van der Waals surface area contributed by atoms with Crippen LogP contribution in [-0.2, 0) is 4.74 Å². The van der Waals surface area contributed by atoms with Gasteiger partial charge in [-0.2, -0.15) is 0 Å². The van der Waals surface area contributed by atoms with Gasteiger partial charge in [-0.15, -0.1) is 6.42 Å². The second kappa shape index (κ2) is 3.82. The maximum Gasteiger partial charge on any atom is 0.412 e. The molecule has 0 unspecified atom stereocenters. The number of carbonyl (C=O) groups is 1. The fourth-order valence-corrected chi connectivity index (χ4v) is 0.463. The molecule has 0 spiro atoms. The normalized spacial score (nSPS) is 9.83. The lowest BCUT2D eigenvalue weighted by molar-refractivity contribution is 0.0549. The Morgan fingerprint density at radius 1 is 1.58 bits per heavy atom. The van der Waals surface area contributed by atoms with E-state index in [4.69, 9.17) is 11.2 Å². The third kappa shape index (κ3) is 5.36. The van der Waals surface area contributed by atoms with Gasteiger partial charge >= 0.3 is 6.09 Å². The van der Waals surface area contributed by atoms with E-state index in [0.717, 1.165) is 0 Å². The number of rotatable bonds is 1. The summed E-state index contributed by atoms with van der Waals surface area (Å²) in [6, 6.07) is 0. The number of terminal acetylenes is 1. The van der Waals surface area contributed by atoms with E-state index in [9.17, 15) is 4.79 Å². The standard InChI is InChI=1S/C9H13NO2/c1-6-7(2)10-8(11)12-9(3,4)5/h1H,2H2,3-5H3,(H,10,11). The molecular formula is C9H13NO2. The van der Waals surface area contributed by atoms with E-state index in [1.54, 1.807) is 20.8 Å². The Morgan fingerprint density at radius 3 is 2.42 bits per heavy atom. The predicted molar refractivity (Wildman–Crippen MR) is 47.3 cm³/mol. The zero-order valence-corrected chi connectivity index (χ0v) is 7.60. The molecule has 0 aromatic heterocycles. The number of amides is 1. The zero-order chi connectivity index (χ0) is 9.78. The van der Waals surface area contributed by atoms with Crippen LogP contribution in [0.25, 0.3) is 0 Å². The summed E-state index contributed by atoms with van der Waals surface area (Å²) >= 11 is 0. The SMILES string of the molecule is C#CC(=C)NC(=O)OC(C)(C)C. The van der Waals surface area contributed by atoms with Crippen LogP contribution >= 0.6 is 0 Å². The van der Waals surface area contributed by atoms with Gasteiger partial charge in [0.25, 0.3) is 0 Å². The van der Waals surface area contributed by atoms with Gasteiger partial charge in [0, 0.05) is 0 Å². The lowest BCUT2D eigenvalue weighted by Gasteiger charge is -2.19. The van der Waals surface area contributed by atoms with Gasteiger partial charge in [0.1, 0.15) is 5.60 Å². The number of allylic oxidation sites excluding steroid dienone is 1. The van der Waals surface area contributed by atoms with Gasteiger partial charge in [-0.05, 0) is 20.8 Å². The van der Waals surface area contributed by atoms with Gasteiger partial charge in [0.2, 0.25) is 0 Å². The summed E-state index contributed by atoms with van der Waals surface area (Å²) < 4.78 is 4.90. The van der Waals surface area contributed by atoms with Crippen molar-refractivity contribution in [2.45, 2.75) is 26.4 Å². The lowest BCUT2D eigenvalue weighted by atomic mass is 10.2. The first-order valence-corrected chi connectivity index (χ1v) is 3.50. The zero-order valence-electron chi connectivity index (χ0n) is 7.60. The molecule has 0 rings (SSSR count). The van der Waals surface area contributed by atoms with Crippen LogP contribution in [0.3, 0.4) is 0 Å². The highest BCUT2D eigenvalue weighted by Gasteiger charge is 2.15. The van der Waals surface area contributed by atoms with Crippen LogP contribution < -0.4 is 5.32 Å². The third-order valence-electron chi connectivity index (χ3n) is 0.826. The van der Waals surface area contributed by atoms with Crippen LogP contribution in [0.2, 0.25) is 0 Å². The second-order valence-electron chi connectivity index (χ2n) is 3.25. The minimum Gasteiger partial charge on any atom is -0.444 e. The first-order valence-electron chi connectivity index (χ1n) is 3.50. The van der Waals surface area contributed by atoms with Gasteiger partial charge in [0.15, 0.2) is 0 Å². The van der Waals surface area contributed by atoms with Crippen LogP contribution in [0, 0.1) is 12.3 Å². The van der Waals surface area contributed by atoms with E-state index in [2.05, 4.69) is 17.8 Å². The van der Waals surface area contributed by atoms with E-state index >= 15 is 0 Å². The van der Waals surface area contributed by atoms with Crippen molar-refractivity contribution in [3.63, 3.8) is 0 Å². The van der Waals surface area contributed by atoms with Crippen molar-refractivity contribution in [3.05, 3.63) is 12.3 Å². The Labute approximate surface area is 72.8 Å². The fourth-order valence-electron chi connectivity index (χ4n) is 0.463. The minimum absolute atomic E-state index is 0.198. The Hall–Kier alpha value is -1.43. The second-order valence-corrected chi connectivity index (χ2v) is 3.25. The van der Waals surface area contributed by atoms with E-state index in [1.807, 2.05) is 0 Å². The summed E-state index contributed by atoms with van der Waals surface area (Å²) in [5.74, 6) is 2.18. The molecule has 66 valence electrons. The van der Waals surface area contributed by atoms with Crippen LogP contribution in [0.4, 0.5) is 4.79 Å². The molecular weight excluding hydrogens is 154 g/mol. The van der Waals surface area contributed by atoms with Crippen molar-refractivity contribution in [2.75, 3.05) is 0 Å². The lowest BCUT2D eigenvalue weighted by Crippen LogP contribution is -2.31. The Bertz CT molecular complexity index is 230. The molecule has 3 heteroatoms. The quantitative estimate of drug-likeness (QED) is 0.603. The summed E-state index contributed by atoms with van der Waals surface area (Å²) in [7, 11) is 0. The summed E-state index contributed by atoms with van der Waals surface area (Å²) in [5.41, 5.74) is -0.317. The molecule has 3 nitrogen and oxygen atoms in total. The van der Waals surface area contributed by atoms with Gasteiger partial charge in [0.05, 0.1) is 5.70 Å². The number of nitrogens with one attached hydrogen (secondary N) is 1. The van der Waals surface area contributed by atoms with Crippen molar-refractivity contribution >= 4 is 6.09 Å². The van der Waals surface area contributed by atoms with E-state index in [0.29, 0.717) is 0 Å². The third-order valence-corrected chi connectivity index (χ3v) is 0.826. The fraction of sp³-hybridized carbons (Fsp3) is 0.444. The molecule has 0 radical (unpaired) electrons. The average molecular weight is 167 g/mol. The molecule has 12 heavy (non-hydrogen) atoms. The number of hydrogen-bond acceptors (Lipinski definition) is 2. The monoisotopic (exact) mass is 167 g/mol. The smallest absolute Gasteiger partial charge is 0.412 e. The predicted octanol–water partition coefficient (Wildman–Crippen LogP) is 1.66. The van der Waals surface area contributed by atoms with E-state index < -0.39 is 11.7 Å². The Kier molecular flexibility index (Phi) is 3.36. The van der Waals surface area contributed by atoms with Crippen LogP contribution in [-0.4, -0.2) is 11.7 Å². The van der Waals surface area contributed by atoms with Crippen molar-refractivity contribution in [3.8, 4) is 12.3 Å². The van der Waals surface area contributed by atoms with E-state index in [1.165, 1.54) is 0 Å². The van der Waals surface area contributed by atoms with Crippen LogP contribution in [0.5, 0.6) is 0 Å². The summed E-state index contributed by atoms with van der Waals surface area (Å²) in [5, 5.41) is 2.29. The summed E-state index contributed by atoms with van der Waals surface area (Å²) in [6.45, 7) is 8.70. The molecule has 0 aliphatic rings. The van der Waals surface area contributed by atoms with Crippen LogP contribution in [0.1, 0.15) is 20.8 Å². The van der Waals surface area contributed by atoms with Crippen molar-refractivity contribution in [1.29, 1.82) is 0 Å². The van der Waals surface area contributed by atoms with Crippen molar-refractivity contribution in [1.82, 2.24) is 5.32 Å². The number of alkyl carbamates (subject to hydrolysis) is 1. The van der Waals surface area contributed by atoms with Gasteiger partial charge in [-0.1, -0.05) is 12.5 Å². The molecule has 0 aromatic carbocycles.